The fourth-order valence-electron chi connectivity index (χ4n) is 3.14. The van der Waals surface area contributed by atoms with Crippen molar-refractivity contribution in [3.05, 3.63) is 23.9 Å². The van der Waals surface area contributed by atoms with Crippen molar-refractivity contribution < 1.29 is 23.5 Å². The van der Waals surface area contributed by atoms with Crippen molar-refractivity contribution in [1.82, 2.24) is 14.8 Å². The predicted octanol–water partition coefficient (Wildman–Crippen LogP) is 0.893. The van der Waals surface area contributed by atoms with E-state index in [-0.39, 0.29) is 31.8 Å². The Hall–Kier alpha value is -2.22. The molecule has 0 N–H and O–H groups in total. The van der Waals surface area contributed by atoms with Crippen molar-refractivity contribution in [3.63, 3.8) is 0 Å². The van der Waals surface area contributed by atoms with E-state index < -0.39 is 11.6 Å². The number of nitrogens with zero attached hydrogens (tertiary/aromatic N) is 3. The summed E-state index contributed by atoms with van der Waals surface area (Å²) in [6.45, 7) is 2.14. The maximum Gasteiger partial charge on any atom is 0.260 e. The largest absolute Gasteiger partial charge is 0.481 e. The second-order valence-corrected chi connectivity index (χ2v) is 6.25. The van der Waals surface area contributed by atoms with Gasteiger partial charge in [-0.05, 0) is 6.07 Å². The molecule has 0 aliphatic carbocycles. The topological polar surface area (TPSA) is 72.0 Å². The van der Waals surface area contributed by atoms with Gasteiger partial charge in [0.15, 0.2) is 5.67 Å². The zero-order chi connectivity index (χ0) is 17.9. The van der Waals surface area contributed by atoms with Crippen LogP contribution in [0.1, 0.15) is 23.2 Å². The molecule has 0 bridgehead atoms. The minimum absolute atomic E-state index is 0.0124. The van der Waals surface area contributed by atoms with Crippen LogP contribution in [-0.4, -0.2) is 78.8 Å². The molecule has 8 heteroatoms. The summed E-state index contributed by atoms with van der Waals surface area (Å²) >= 11 is 0. The Morgan fingerprint density at radius 2 is 1.84 bits per heavy atom. The van der Waals surface area contributed by atoms with Crippen LogP contribution in [0, 0.1) is 0 Å². The molecule has 7 nitrogen and oxygen atoms in total. The second-order valence-electron chi connectivity index (χ2n) is 6.25. The van der Waals surface area contributed by atoms with Crippen LogP contribution < -0.4 is 4.74 Å². The smallest absolute Gasteiger partial charge is 0.260 e. The van der Waals surface area contributed by atoms with E-state index in [1.54, 1.807) is 17.0 Å². The van der Waals surface area contributed by atoms with Gasteiger partial charge >= 0.3 is 0 Å². The number of rotatable bonds is 3. The molecule has 0 radical (unpaired) electrons. The highest BCUT2D eigenvalue weighted by atomic mass is 19.1. The third kappa shape index (κ3) is 3.73. The van der Waals surface area contributed by atoms with Gasteiger partial charge in [0.05, 0.1) is 25.9 Å². The molecule has 0 saturated carbocycles. The number of halogens is 1. The zero-order valence-electron chi connectivity index (χ0n) is 14.2. The number of piperidine rings is 1. The lowest BCUT2D eigenvalue weighted by atomic mass is 9.91. The van der Waals surface area contributed by atoms with Gasteiger partial charge in [0.25, 0.3) is 11.8 Å². The fourth-order valence-corrected chi connectivity index (χ4v) is 3.14. The molecule has 0 spiro atoms. The lowest BCUT2D eigenvalue weighted by molar-refractivity contribution is -0.151. The summed E-state index contributed by atoms with van der Waals surface area (Å²) in [5.74, 6) is -0.265. The first kappa shape index (κ1) is 17.6. The third-order valence-corrected chi connectivity index (χ3v) is 4.72. The minimum Gasteiger partial charge on any atom is -0.481 e. The molecule has 0 unspecified atom stereocenters. The molecule has 2 aliphatic rings. The highest BCUT2D eigenvalue weighted by Crippen LogP contribution is 2.30. The van der Waals surface area contributed by atoms with Crippen LogP contribution in [0.15, 0.2) is 18.3 Å². The number of pyridine rings is 1. The summed E-state index contributed by atoms with van der Waals surface area (Å²) < 4.78 is 25.3. The monoisotopic (exact) mass is 351 g/mol. The number of ether oxygens (including phenoxy) is 2. The number of methoxy groups -OCH3 is 1. The number of aromatic nitrogens is 1. The Labute approximate surface area is 145 Å². The summed E-state index contributed by atoms with van der Waals surface area (Å²) in [6.07, 6.45) is 1.47. The Bertz CT molecular complexity index is 623. The molecule has 0 aromatic carbocycles. The van der Waals surface area contributed by atoms with Gasteiger partial charge in [0.1, 0.15) is 0 Å². The summed E-state index contributed by atoms with van der Waals surface area (Å²) in [5, 5.41) is 0. The molecule has 3 rings (SSSR count). The number of amides is 2. The second kappa shape index (κ2) is 7.35. The quantitative estimate of drug-likeness (QED) is 0.809. The number of hydrogen-bond donors (Lipinski definition) is 0. The summed E-state index contributed by atoms with van der Waals surface area (Å²) in [4.78, 5) is 32.1. The zero-order valence-corrected chi connectivity index (χ0v) is 14.2. The van der Waals surface area contributed by atoms with Crippen LogP contribution in [0.4, 0.5) is 4.39 Å². The van der Waals surface area contributed by atoms with Gasteiger partial charge in [-0.3, -0.25) is 9.59 Å². The molecule has 2 fully saturated rings. The highest BCUT2D eigenvalue weighted by molar-refractivity contribution is 5.94. The van der Waals surface area contributed by atoms with Gasteiger partial charge < -0.3 is 19.3 Å². The molecular formula is C17H22FN3O4. The van der Waals surface area contributed by atoms with Crippen molar-refractivity contribution in [2.45, 2.75) is 18.5 Å². The van der Waals surface area contributed by atoms with E-state index in [0.717, 1.165) is 0 Å². The van der Waals surface area contributed by atoms with Gasteiger partial charge in [-0.2, -0.15) is 0 Å². The lowest BCUT2D eigenvalue weighted by Gasteiger charge is -2.39. The van der Waals surface area contributed by atoms with E-state index in [0.29, 0.717) is 37.7 Å². The molecule has 1 aromatic rings. The van der Waals surface area contributed by atoms with E-state index in [2.05, 4.69) is 4.98 Å². The number of hydrogen-bond acceptors (Lipinski definition) is 5. The van der Waals surface area contributed by atoms with E-state index >= 15 is 4.39 Å². The number of morpholine rings is 1. The Kier molecular flexibility index (Phi) is 5.17. The van der Waals surface area contributed by atoms with E-state index in [1.165, 1.54) is 18.2 Å². The van der Waals surface area contributed by atoms with E-state index in [9.17, 15) is 9.59 Å². The first-order valence-corrected chi connectivity index (χ1v) is 8.39. The predicted molar refractivity (Wildman–Crippen MR) is 87.2 cm³/mol. The molecule has 2 saturated heterocycles. The van der Waals surface area contributed by atoms with Gasteiger partial charge in [0.2, 0.25) is 5.88 Å². The van der Waals surface area contributed by atoms with Crippen molar-refractivity contribution in [2.75, 3.05) is 46.5 Å². The molecular weight excluding hydrogens is 329 g/mol. The normalized spacial score (nSPS) is 20.2. The maximum atomic E-state index is 15.1. The van der Waals surface area contributed by atoms with Crippen molar-refractivity contribution >= 4 is 11.8 Å². The molecule has 25 heavy (non-hydrogen) atoms. The minimum atomic E-state index is -1.90. The lowest BCUT2D eigenvalue weighted by Crippen LogP contribution is -2.55. The van der Waals surface area contributed by atoms with Crippen molar-refractivity contribution in [1.29, 1.82) is 0 Å². The molecule has 0 atom stereocenters. The van der Waals surface area contributed by atoms with E-state index in [1.807, 2.05) is 0 Å². The summed E-state index contributed by atoms with van der Waals surface area (Å²) in [5.41, 5.74) is -1.47. The molecule has 2 amide bonds. The molecule has 3 heterocycles. The Morgan fingerprint density at radius 3 is 2.40 bits per heavy atom. The van der Waals surface area contributed by atoms with Crippen LogP contribution in [0.25, 0.3) is 0 Å². The Morgan fingerprint density at radius 1 is 1.16 bits per heavy atom. The first-order valence-electron chi connectivity index (χ1n) is 8.39. The van der Waals surface area contributed by atoms with Crippen LogP contribution >= 0.6 is 0 Å². The fraction of sp³-hybridized carbons (Fsp3) is 0.588. The van der Waals surface area contributed by atoms with Crippen LogP contribution in [0.3, 0.4) is 0 Å². The average Bonchev–Trinajstić information content (AvgIpc) is 2.68. The average molecular weight is 351 g/mol. The third-order valence-electron chi connectivity index (χ3n) is 4.72. The summed E-state index contributed by atoms with van der Waals surface area (Å²) in [6, 6.07) is 3.24. The van der Waals surface area contributed by atoms with Gasteiger partial charge in [-0.1, -0.05) is 0 Å². The molecule has 2 aliphatic heterocycles. The van der Waals surface area contributed by atoms with Crippen molar-refractivity contribution in [2.24, 2.45) is 0 Å². The van der Waals surface area contributed by atoms with E-state index in [4.69, 9.17) is 9.47 Å². The van der Waals surface area contributed by atoms with Crippen molar-refractivity contribution in [3.8, 4) is 5.88 Å². The van der Waals surface area contributed by atoms with Gasteiger partial charge in [-0.25, -0.2) is 9.37 Å². The highest BCUT2D eigenvalue weighted by Gasteiger charge is 2.45. The number of carbonyl (C=O) groups excluding carboxylic acids is 2. The van der Waals surface area contributed by atoms with Gasteiger partial charge in [-0.15, -0.1) is 0 Å². The first-order chi connectivity index (χ1) is 12.0. The number of likely N-dealkylation sites (tertiary alicyclic amines) is 1. The van der Waals surface area contributed by atoms with Crippen LogP contribution in [0.2, 0.25) is 0 Å². The van der Waals surface area contributed by atoms with Gasteiger partial charge in [0, 0.05) is 51.3 Å². The molecule has 1 aromatic heterocycles. The Balaban J connectivity index is 1.60. The standard InChI is InChI=1S/C17H22FN3O4/c1-24-14-3-2-13(12-19-14)15(22)20-6-4-17(18,5-7-20)16(23)21-8-10-25-11-9-21/h2-3,12H,4-11H2,1H3. The van der Waals surface area contributed by atoms with Crippen LogP contribution in [-0.2, 0) is 9.53 Å². The SMILES string of the molecule is COc1ccc(C(=O)N2CCC(F)(C(=O)N3CCOCC3)CC2)cn1. The summed E-state index contributed by atoms with van der Waals surface area (Å²) in [7, 11) is 1.50. The number of alkyl halides is 1. The molecule has 136 valence electrons. The van der Waals surface area contributed by atoms with Crippen LogP contribution in [0.5, 0.6) is 5.88 Å². The number of carbonyl (C=O) groups is 2. The maximum absolute atomic E-state index is 15.1.